The van der Waals surface area contributed by atoms with Gasteiger partial charge >= 0.3 is 12.2 Å². The van der Waals surface area contributed by atoms with Gasteiger partial charge < -0.3 is 25.4 Å². The lowest BCUT2D eigenvalue weighted by Gasteiger charge is -2.38. The van der Waals surface area contributed by atoms with E-state index in [0.29, 0.717) is 5.02 Å². The molecule has 1 heterocycles. The highest BCUT2D eigenvalue weighted by Crippen LogP contribution is 2.36. The van der Waals surface area contributed by atoms with Crippen molar-refractivity contribution in [3.63, 3.8) is 0 Å². The lowest BCUT2D eigenvalue weighted by atomic mass is 9.99. The number of hydrogen-bond donors (Lipinski definition) is 3. The fourth-order valence-electron chi connectivity index (χ4n) is 4.72. The fraction of sp³-hybridized carbons (Fsp3) is 0.333. The highest BCUT2D eigenvalue weighted by atomic mass is 35.5. The number of nitrogens with one attached hydrogen (secondary N) is 2. The Labute approximate surface area is 263 Å². The number of halogens is 4. The molecule has 0 saturated carbocycles. The molecular weight excluding hydrogens is 637 g/mol. The Morgan fingerprint density at radius 2 is 1.76 bits per heavy atom. The van der Waals surface area contributed by atoms with E-state index < -0.39 is 51.8 Å². The molecule has 1 aliphatic rings. The van der Waals surface area contributed by atoms with Crippen LogP contribution in [0.1, 0.15) is 29.8 Å². The van der Waals surface area contributed by atoms with Gasteiger partial charge in [0, 0.05) is 30.2 Å². The molecular formula is C30H32ClF3N4O6S. The summed E-state index contributed by atoms with van der Waals surface area (Å²) in [4.78, 5) is 28.1. The van der Waals surface area contributed by atoms with Crippen molar-refractivity contribution in [2.45, 2.75) is 37.1 Å². The molecule has 0 bridgehead atoms. The van der Waals surface area contributed by atoms with E-state index in [2.05, 4.69) is 10.6 Å². The number of rotatable bonds is 8. The first kappa shape index (κ1) is 34.0. The second kappa shape index (κ2) is 13.6. The molecule has 10 nitrogen and oxygen atoms in total. The summed E-state index contributed by atoms with van der Waals surface area (Å²) in [5.74, 6) is -0.965. The van der Waals surface area contributed by atoms with Gasteiger partial charge in [-0.1, -0.05) is 24.6 Å². The molecule has 3 amide bonds. The van der Waals surface area contributed by atoms with E-state index in [4.69, 9.17) is 16.3 Å². The van der Waals surface area contributed by atoms with Crippen LogP contribution in [0, 0.1) is 5.92 Å². The number of urea groups is 1. The molecule has 3 aromatic carbocycles. The molecule has 3 atom stereocenters. The summed E-state index contributed by atoms with van der Waals surface area (Å²) in [6, 6.07) is 12.6. The molecule has 0 aromatic heterocycles. The summed E-state index contributed by atoms with van der Waals surface area (Å²) in [7, 11) is -2.58. The van der Waals surface area contributed by atoms with E-state index >= 15 is 0 Å². The number of sulfonamides is 1. The highest BCUT2D eigenvalue weighted by molar-refractivity contribution is 7.89. The van der Waals surface area contributed by atoms with E-state index in [0.717, 1.165) is 28.6 Å². The van der Waals surface area contributed by atoms with Gasteiger partial charge in [-0.05, 0) is 67.6 Å². The molecule has 0 fully saturated rings. The number of likely N-dealkylation sites (N-methyl/N-ethyl adjacent to an activating group) is 1. The Kier molecular flexibility index (Phi) is 10.3. The average Bonchev–Trinajstić information content (AvgIpc) is 2.98. The van der Waals surface area contributed by atoms with Crippen molar-refractivity contribution in [1.29, 1.82) is 0 Å². The fourth-order valence-corrected chi connectivity index (χ4v) is 6.03. The first-order chi connectivity index (χ1) is 21.1. The van der Waals surface area contributed by atoms with Crippen molar-refractivity contribution in [3.05, 3.63) is 82.9 Å². The van der Waals surface area contributed by atoms with Gasteiger partial charge in [-0.3, -0.25) is 4.79 Å². The standard InChI is InChI=1S/C30H32ClF3N4O6S/c1-18-15-38(19(2)17-39)28(40)24-5-4-6-25(36-29(41)35-22-11-7-20(8-12-22)30(32,33)34)27(24)44-26(18)16-37(3)45(42,43)23-13-9-21(31)10-14-23/h4-14,18-19,26,39H,15-17H2,1-3H3,(H2,35,36,41)/t18-,19+,26-/m1/s1. The van der Waals surface area contributed by atoms with Crippen LogP contribution in [-0.4, -0.2) is 73.6 Å². The second-order valence-electron chi connectivity index (χ2n) is 10.7. The smallest absolute Gasteiger partial charge is 0.416 e. The van der Waals surface area contributed by atoms with Gasteiger partial charge in [0.15, 0.2) is 5.75 Å². The van der Waals surface area contributed by atoms with Crippen molar-refractivity contribution in [2.75, 3.05) is 37.4 Å². The molecule has 0 unspecified atom stereocenters. The normalized spacial score (nSPS) is 18.0. The third-order valence-corrected chi connectivity index (χ3v) is 9.46. The van der Waals surface area contributed by atoms with Crippen LogP contribution < -0.4 is 15.4 Å². The Balaban J connectivity index is 1.65. The lowest BCUT2D eigenvalue weighted by Crippen LogP contribution is -2.50. The largest absolute Gasteiger partial charge is 0.486 e. The summed E-state index contributed by atoms with van der Waals surface area (Å²) < 4.78 is 73.0. The van der Waals surface area contributed by atoms with E-state index in [1.807, 2.05) is 0 Å². The van der Waals surface area contributed by atoms with Gasteiger partial charge in [0.2, 0.25) is 10.0 Å². The summed E-state index contributed by atoms with van der Waals surface area (Å²) >= 11 is 5.93. The highest BCUT2D eigenvalue weighted by Gasteiger charge is 2.36. The number of amides is 3. The number of aliphatic hydroxyl groups is 1. The minimum atomic E-state index is -4.54. The molecule has 3 aromatic rings. The van der Waals surface area contributed by atoms with Crippen molar-refractivity contribution >= 4 is 44.9 Å². The van der Waals surface area contributed by atoms with Gasteiger partial charge in [-0.25, -0.2) is 13.2 Å². The molecule has 0 aliphatic carbocycles. The Bertz CT molecular complexity index is 1640. The van der Waals surface area contributed by atoms with Gasteiger partial charge in [0.25, 0.3) is 5.91 Å². The number of fused-ring (bicyclic) bond motifs is 1. The maximum atomic E-state index is 13.7. The number of nitrogens with zero attached hydrogens (tertiary/aromatic N) is 2. The van der Waals surface area contributed by atoms with Crippen LogP contribution in [0.2, 0.25) is 5.02 Å². The van der Waals surface area contributed by atoms with Crippen molar-refractivity contribution in [2.24, 2.45) is 5.92 Å². The second-order valence-corrected chi connectivity index (χ2v) is 13.2. The summed E-state index contributed by atoms with van der Waals surface area (Å²) in [5.41, 5.74) is -0.679. The number of benzene rings is 3. The molecule has 4 rings (SSSR count). The molecule has 0 radical (unpaired) electrons. The van der Waals surface area contributed by atoms with Gasteiger partial charge in [0.1, 0.15) is 6.10 Å². The predicted octanol–water partition coefficient (Wildman–Crippen LogP) is 5.54. The van der Waals surface area contributed by atoms with Crippen LogP contribution in [-0.2, 0) is 16.2 Å². The van der Waals surface area contributed by atoms with Crippen LogP contribution >= 0.6 is 11.6 Å². The Morgan fingerprint density at radius 1 is 1.11 bits per heavy atom. The number of aliphatic hydroxyl groups excluding tert-OH is 1. The minimum absolute atomic E-state index is 0.0151. The van der Waals surface area contributed by atoms with Crippen LogP contribution in [0.15, 0.2) is 71.6 Å². The summed E-state index contributed by atoms with van der Waals surface area (Å²) in [6.07, 6.45) is -5.37. The number of alkyl halides is 3. The van der Waals surface area contributed by atoms with Crippen LogP contribution in [0.25, 0.3) is 0 Å². The van der Waals surface area contributed by atoms with Crippen LogP contribution in [0.4, 0.5) is 29.3 Å². The van der Waals surface area contributed by atoms with E-state index in [9.17, 15) is 36.3 Å². The number of carbonyl (C=O) groups excluding carboxylic acids is 2. The van der Waals surface area contributed by atoms with Crippen molar-refractivity contribution < 1.29 is 41.0 Å². The maximum absolute atomic E-state index is 13.7. The van der Waals surface area contributed by atoms with Crippen molar-refractivity contribution in [1.82, 2.24) is 9.21 Å². The third-order valence-electron chi connectivity index (χ3n) is 7.37. The molecule has 1 aliphatic heterocycles. The van der Waals surface area contributed by atoms with Crippen LogP contribution in [0.5, 0.6) is 5.75 Å². The monoisotopic (exact) mass is 668 g/mol. The van der Waals surface area contributed by atoms with E-state index in [-0.39, 0.29) is 47.3 Å². The van der Waals surface area contributed by atoms with Crippen LogP contribution in [0.3, 0.4) is 0 Å². The number of ether oxygens (including phenoxy) is 1. The maximum Gasteiger partial charge on any atom is 0.416 e. The average molecular weight is 669 g/mol. The summed E-state index contributed by atoms with van der Waals surface area (Å²) in [5, 5.41) is 15.3. The SMILES string of the molecule is C[C@@H]1CN([C@@H](C)CO)C(=O)c2cccc(NC(=O)Nc3ccc(C(F)(F)F)cc3)c2O[C@@H]1CN(C)S(=O)(=O)c1ccc(Cl)cc1. The first-order valence-corrected chi connectivity index (χ1v) is 15.6. The topological polar surface area (TPSA) is 128 Å². The minimum Gasteiger partial charge on any atom is -0.486 e. The number of anilines is 2. The number of para-hydroxylation sites is 1. The van der Waals surface area contributed by atoms with E-state index in [1.165, 1.54) is 54.4 Å². The molecule has 0 saturated heterocycles. The quantitative estimate of drug-likeness (QED) is 0.289. The zero-order valence-corrected chi connectivity index (χ0v) is 26.1. The Morgan fingerprint density at radius 3 is 2.36 bits per heavy atom. The lowest BCUT2D eigenvalue weighted by molar-refractivity contribution is -0.137. The number of carbonyl (C=O) groups is 2. The molecule has 0 spiro atoms. The summed E-state index contributed by atoms with van der Waals surface area (Å²) in [6.45, 7) is 3.09. The molecule has 15 heteroatoms. The van der Waals surface area contributed by atoms with Crippen molar-refractivity contribution in [3.8, 4) is 5.75 Å². The third kappa shape index (κ3) is 7.87. The molecule has 45 heavy (non-hydrogen) atoms. The number of hydrogen-bond acceptors (Lipinski definition) is 6. The molecule has 242 valence electrons. The van der Waals surface area contributed by atoms with Gasteiger partial charge in [-0.15, -0.1) is 0 Å². The van der Waals surface area contributed by atoms with E-state index in [1.54, 1.807) is 13.8 Å². The predicted molar refractivity (Wildman–Crippen MR) is 163 cm³/mol. The molecule has 3 N–H and O–H groups in total. The first-order valence-electron chi connectivity index (χ1n) is 13.8. The zero-order valence-electron chi connectivity index (χ0n) is 24.5. The Hall–Kier alpha value is -3.85. The van der Waals surface area contributed by atoms with Gasteiger partial charge in [-0.2, -0.15) is 17.5 Å². The van der Waals surface area contributed by atoms with Gasteiger partial charge in [0.05, 0.1) is 40.9 Å². The zero-order chi connectivity index (χ0) is 33.1.